The number of amidine groups is 1. The van der Waals surface area contributed by atoms with E-state index in [1.54, 1.807) is 30.3 Å². The summed E-state index contributed by atoms with van der Waals surface area (Å²) in [5, 5.41) is 18.3. The maximum absolute atomic E-state index is 12.6. The molecular weight excluding hydrogens is 480 g/mol. The number of benzene rings is 2. The minimum atomic E-state index is -4.25. The van der Waals surface area contributed by atoms with Crippen molar-refractivity contribution in [2.45, 2.75) is 23.6 Å². The minimum absolute atomic E-state index is 0.0559. The van der Waals surface area contributed by atoms with E-state index in [0.717, 1.165) is 11.9 Å². The van der Waals surface area contributed by atoms with Crippen LogP contribution in [-0.4, -0.2) is 49.5 Å². The number of nitrogens with two attached hydrogens (primary N) is 5. The molecule has 3 aromatic rings. The average molecular weight is 513 g/mol. The molecule has 0 saturated heterocycles. The largest absolute Gasteiger partial charge is 0.395 e. The number of sulfonamides is 1. The highest BCUT2D eigenvalue weighted by Crippen LogP contribution is 2.37. The van der Waals surface area contributed by atoms with Gasteiger partial charge in [-0.25, -0.2) is 29.9 Å². The normalized spacial score (nSPS) is 11.3. The lowest BCUT2D eigenvalue weighted by atomic mass is 9.97. The summed E-state index contributed by atoms with van der Waals surface area (Å²) in [4.78, 5) is 7.24. The number of hydrazone groups is 1. The molecule has 0 saturated carbocycles. The highest BCUT2D eigenvalue weighted by atomic mass is 32.2. The van der Waals surface area contributed by atoms with Crippen molar-refractivity contribution in [3.8, 4) is 11.1 Å². The monoisotopic (exact) mass is 512 g/mol. The van der Waals surface area contributed by atoms with Crippen LogP contribution in [0.25, 0.3) is 22.2 Å². The summed E-state index contributed by atoms with van der Waals surface area (Å²) >= 11 is 0.987. The van der Waals surface area contributed by atoms with Crippen molar-refractivity contribution in [3.63, 3.8) is 0 Å². The third kappa shape index (κ3) is 6.80. The Morgan fingerprint density at radius 1 is 1.21 bits per heavy atom. The Kier molecular flexibility index (Phi) is 11.7. The first kappa shape index (κ1) is 29.1. The number of nitrogens with zero attached hydrogens (tertiary/aromatic N) is 2. The lowest BCUT2D eigenvalue weighted by Crippen LogP contribution is -2.27. The van der Waals surface area contributed by atoms with Crippen molar-refractivity contribution in [1.82, 2.24) is 20.2 Å². The maximum Gasteiger partial charge on any atom is 0.239 e. The number of aliphatic hydroxyl groups is 1. The molecular formula is C19H32N10O3S2. The second-order valence-corrected chi connectivity index (χ2v) is 8.46. The van der Waals surface area contributed by atoms with Crippen LogP contribution in [0.2, 0.25) is 0 Å². The van der Waals surface area contributed by atoms with Crippen LogP contribution in [0.3, 0.4) is 0 Å². The van der Waals surface area contributed by atoms with Gasteiger partial charge >= 0.3 is 0 Å². The summed E-state index contributed by atoms with van der Waals surface area (Å²) in [6.07, 6.45) is 0. The molecule has 15 heteroatoms. The van der Waals surface area contributed by atoms with E-state index < -0.39 is 10.0 Å². The number of aromatic amines is 1. The topological polar surface area (TPSA) is 250 Å². The number of rotatable bonds is 8. The number of nitrogen functional groups attached to an aromatic ring is 1. The number of nitrogens with one attached hydrogen (secondary N) is 3. The molecule has 0 spiro atoms. The number of aliphatic hydroxyl groups excluding tert-OH is 1. The van der Waals surface area contributed by atoms with Crippen molar-refractivity contribution >= 4 is 44.8 Å². The van der Waals surface area contributed by atoms with Crippen LogP contribution >= 0.6 is 11.9 Å². The molecule has 14 N–H and O–H groups in total. The van der Waals surface area contributed by atoms with Crippen LogP contribution < -0.4 is 38.4 Å². The maximum atomic E-state index is 12.6. The lowest BCUT2D eigenvalue weighted by molar-refractivity contribution is 0.302. The fourth-order valence-electron chi connectivity index (χ4n) is 2.97. The number of anilines is 1. The zero-order chi connectivity index (χ0) is 25.9. The molecule has 0 fully saturated rings. The molecule has 0 aliphatic rings. The molecule has 188 valence electrons. The molecule has 13 nitrogen and oxygen atoms in total. The smallest absolute Gasteiger partial charge is 0.239 e. The molecule has 34 heavy (non-hydrogen) atoms. The Labute approximate surface area is 202 Å². The highest BCUT2D eigenvalue weighted by Gasteiger charge is 2.26. The van der Waals surface area contributed by atoms with E-state index in [4.69, 9.17) is 27.6 Å². The van der Waals surface area contributed by atoms with Crippen molar-refractivity contribution in [2.75, 3.05) is 25.9 Å². The van der Waals surface area contributed by atoms with Crippen molar-refractivity contribution < 1.29 is 13.5 Å². The van der Waals surface area contributed by atoms with Crippen LogP contribution in [0, 0.1) is 0 Å². The lowest BCUT2D eigenvalue weighted by Gasteiger charge is -2.17. The zero-order valence-corrected chi connectivity index (χ0v) is 20.8. The van der Waals surface area contributed by atoms with Gasteiger partial charge in [0, 0.05) is 22.6 Å². The van der Waals surface area contributed by atoms with Crippen LogP contribution in [0.5, 0.6) is 0 Å². The fourth-order valence-corrected chi connectivity index (χ4v) is 4.97. The molecule has 1 heterocycles. The van der Waals surface area contributed by atoms with E-state index in [1.807, 2.05) is 13.8 Å². The molecule has 0 bridgehead atoms. The van der Waals surface area contributed by atoms with Gasteiger partial charge < -0.3 is 27.3 Å². The zero-order valence-electron chi connectivity index (χ0n) is 19.2. The van der Waals surface area contributed by atoms with Crippen LogP contribution in [0.1, 0.15) is 19.4 Å². The minimum Gasteiger partial charge on any atom is -0.395 e. The SMILES string of the molecule is CC.CN.NN/N=C(\N)c1c(-c2cccc3[nH]c(N)nc23)ccc(SNCCO)c1S(N)(=O)=O. The summed E-state index contributed by atoms with van der Waals surface area (Å²) in [6, 6.07) is 8.53. The average Bonchev–Trinajstić information content (AvgIpc) is 3.21. The van der Waals surface area contributed by atoms with Gasteiger partial charge in [-0.05, 0) is 36.7 Å². The summed E-state index contributed by atoms with van der Waals surface area (Å²) in [5.41, 5.74) is 20.6. The van der Waals surface area contributed by atoms with Crippen LogP contribution in [0.4, 0.5) is 5.95 Å². The Hall–Kier alpha value is -2.92. The van der Waals surface area contributed by atoms with Crippen molar-refractivity contribution in [3.05, 3.63) is 35.9 Å². The van der Waals surface area contributed by atoms with Gasteiger partial charge in [0.2, 0.25) is 10.0 Å². The molecule has 0 amide bonds. The summed E-state index contributed by atoms with van der Waals surface area (Å²) < 4.78 is 27.9. The predicted molar refractivity (Wildman–Crippen MR) is 138 cm³/mol. The fraction of sp³-hybridized carbons (Fsp3) is 0.263. The molecule has 0 unspecified atom stereocenters. The summed E-state index contributed by atoms with van der Waals surface area (Å²) in [5.74, 6) is 5.28. The van der Waals surface area contributed by atoms with Crippen LogP contribution in [0.15, 0.2) is 45.2 Å². The van der Waals surface area contributed by atoms with Gasteiger partial charge in [0.1, 0.15) is 4.90 Å². The van der Waals surface area contributed by atoms with Gasteiger partial charge in [-0.15, -0.1) is 5.10 Å². The molecule has 0 atom stereocenters. The number of fused-ring (bicyclic) bond motifs is 1. The van der Waals surface area contributed by atoms with Crippen LogP contribution in [-0.2, 0) is 10.0 Å². The Balaban J connectivity index is 0.00000137. The van der Waals surface area contributed by atoms with Gasteiger partial charge in [0.25, 0.3) is 0 Å². The molecule has 2 aromatic carbocycles. The molecule has 0 radical (unpaired) electrons. The third-order valence-corrected chi connectivity index (χ3v) is 6.10. The Morgan fingerprint density at radius 2 is 1.88 bits per heavy atom. The highest BCUT2D eigenvalue weighted by molar-refractivity contribution is 7.98. The van der Waals surface area contributed by atoms with Crippen molar-refractivity contribution in [2.24, 2.45) is 27.6 Å². The number of H-pyrrole nitrogens is 1. The van der Waals surface area contributed by atoms with Gasteiger partial charge in [-0.1, -0.05) is 32.0 Å². The van der Waals surface area contributed by atoms with E-state index in [-0.39, 0.29) is 40.3 Å². The summed E-state index contributed by atoms with van der Waals surface area (Å²) in [6.45, 7) is 4.09. The second kappa shape index (κ2) is 13.7. The number of hydrogen-bond acceptors (Lipinski definition) is 11. The number of para-hydroxylation sites is 1. The summed E-state index contributed by atoms with van der Waals surface area (Å²) in [7, 11) is -2.75. The van der Waals surface area contributed by atoms with Gasteiger partial charge in [0.05, 0.1) is 17.6 Å². The van der Waals surface area contributed by atoms with Gasteiger partial charge in [-0.3, -0.25) is 4.72 Å². The van der Waals surface area contributed by atoms with E-state index in [1.165, 1.54) is 7.05 Å². The van der Waals surface area contributed by atoms with Gasteiger partial charge in [0.15, 0.2) is 11.8 Å². The second-order valence-electron chi connectivity index (χ2n) is 6.03. The van der Waals surface area contributed by atoms with E-state index >= 15 is 0 Å². The molecule has 1 aromatic heterocycles. The quantitative estimate of drug-likeness (QED) is 0.0474. The predicted octanol–water partition coefficient (Wildman–Crippen LogP) is -0.267. The number of primary sulfonamides is 1. The van der Waals surface area contributed by atoms with Gasteiger partial charge in [-0.2, -0.15) is 0 Å². The molecule has 0 aliphatic heterocycles. The third-order valence-electron chi connectivity index (χ3n) is 4.06. The Morgan fingerprint density at radius 3 is 2.47 bits per heavy atom. The number of aromatic nitrogens is 2. The first-order valence-corrected chi connectivity index (χ1v) is 12.5. The number of hydrazine groups is 1. The Bertz CT molecular complexity index is 1210. The van der Waals surface area contributed by atoms with Crippen molar-refractivity contribution in [1.29, 1.82) is 0 Å². The first-order chi connectivity index (χ1) is 16.3. The van der Waals surface area contributed by atoms with E-state index in [9.17, 15) is 8.42 Å². The number of hydrogen-bond donors (Lipinski definition) is 9. The standard InChI is InChI=1S/C16H21N9O3S2.C2H6.CH5N/c17-15(24-25-19)12-8(9-2-1-3-10-13(9)23-16(18)22-10)4-5-11(29-21-6-7-26)14(12)30(20,27)28;2*1-2/h1-5,21,25-26H,6-7,19H2,(H2,17,24)(H3,18,22,23)(H2,20,27,28);1-2H3;2H2,1H3. The van der Waals surface area contributed by atoms with E-state index in [0.29, 0.717) is 22.2 Å². The first-order valence-electron chi connectivity index (χ1n) is 10.1. The van der Waals surface area contributed by atoms with E-state index in [2.05, 4.69) is 31.1 Å². The number of imidazole rings is 1. The molecule has 3 rings (SSSR count). The molecule has 0 aliphatic carbocycles.